The fourth-order valence-electron chi connectivity index (χ4n) is 2.22. The van der Waals surface area contributed by atoms with Crippen molar-refractivity contribution in [1.29, 1.82) is 5.26 Å². The minimum atomic E-state index is -4.59. The number of nitriles is 1. The molecule has 0 atom stereocenters. The first-order valence-electron chi connectivity index (χ1n) is 8.17. The van der Waals surface area contributed by atoms with Crippen LogP contribution in [0.25, 0.3) is 0 Å². The lowest BCUT2D eigenvalue weighted by Gasteiger charge is -2.19. The Labute approximate surface area is 150 Å². The van der Waals surface area contributed by atoms with Crippen molar-refractivity contribution in [1.82, 2.24) is 9.97 Å². The fraction of sp³-hybridized carbons (Fsp3) is 0.389. The second kappa shape index (κ2) is 8.52. The van der Waals surface area contributed by atoms with Crippen LogP contribution in [0.4, 0.5) is 24.8 Å². The molecule has 1 aromatic heterocycles. The van der Waals surface area contributed by atoms with Gasteiger partial charge in [-0.3, -0.25) is 0 Å². The minimum Gasteiger partial charge on any atom is -0.477 e. The predicted octanol–water partition coefficient (Wildman–Crippen LogP) is 4.70. The van der Waals surface area contributed by atoms with E-state index in [1.807, 2.05) is 13.0 Å². The lowest BCUT2D eigenvalue weighted by Crippen LogP contribution is -2.17. The molecule has 1 aromatic carbocycles. The number of hydrogen-bond donors (Lipinski definition) is 0. The van der Waals surface area contributed by atoms with Gasteiger partial charge in [-0.1, -0.05) is 19.8 Å². The molecular weight excluding hydrogens is 345 g/mol. The maximum atomic E-state index is 13.2. The van der Waals surface area contributed by atoms with Gasteiger partial charge in [0.2, 0.25) is 11.8 Å². The number of unbranched alkanes of at least 4 members (excludes halogenated alkanes) is 2. The Hall–Kier alpha value is -2.82. The Morgan fingerprint density at radius 2 is 1.88 bits per heavy atom. The summed E-state index contributed by atoms with van der Waals surface area (Å²) < 4.78 is 44.8. The van der Waals surface area contributed by atoms with Gasteiger partial charge in [0.15, 0.2) is 0 Å². The molecule has 8 heteroatoms. The molecule has 0 aliphatic rings. The molecule has 0 aliphatic carbocycles. The topological polar surface area (TPSA) is 62.0 Å². The summed E-state index contributed by atoms with van der Waals surface area (Å²) in [6.07, 6.45) is -1.40. The van der Waals surface area contributed by atoms with E-state index in [9.17, 15) is 13.2 Å². The van der Waals surface area contributed by atoms with Gasteiger partial charge in [0.05, 0.1) is 18.2 Å². The Balaban J connectivity index is 2.29. The van der Waals surface area contributed by atoms with Crippen LogP contribution < -0.4 is 9.64 Å². The SMILES string of the molecule is CCCCCOc1nc(N(C)c2ccc(C#N)cc2)ncc1C(F)(F)F. The first-order valence-corrected chi connectivity index (χ1v) is 8.17. The van der Waals surface area contributed by atoms with Gasteiger partial charge in [0, 0.05) is 18.9 Å². The van der Waals surface area contributed by atoms with Gasteiger partial charge in [-0.15, -0.1) is 0 Å². The highest BCUT2D eigenvalue weighted by Crippen LogP contribution is 2.36. The Bertz CT molecular complexity index is 769. The minimum absolute atomic E-state index is 0.0770. The summed E-state index contributed by atoms with van der Waals surface area (Å²) in [5.74, 6) is -0.396. The first kappa shape index (κ1) is 19.5. The Kier molecular flexibility index (Phi) is 6.39. The molecule has 2 aromatic rings. The third kappa shape index (κ3) is 4.85. The van der Waals surface area contributed by atoms with Gasteiger partial charge in [0.1, 0.15) is 5.56 Å². The van der Waals surface area contributed by atoms with Crippen LogP contribution in [0.2, 0.25) is 0 Å². The van der Waals surface area contributed by atoms with Crippen molar-refractivity contribution in [2.45, 2.75) is 32.4 Å². The summed E-state index contributed by atoms with van der Waals surface area (Å²) in [5.41, 5.74) is 0.127. The summed E-state index contributed by atoms with van der Waals surface area (Å²) in [7, 11) is 1.63. The van der Waals surface area contributed by atoms with Crippen LogP contribution in [0.1, 0.15) is 37.3 Å². The quantitative estimate of drug-likeness (QED) is 0.666. The fourth-order valence-corrected chi connectivity index (χ4v) is 2.22. The van der Waals surface area contributed by atoms with Crippen molar-refractivity contribution in [3.63, 3.8) is 0 Å². The number of hydrogen-bond acceptors (Lipinski definition) is 5. The number of anilines is 2. The van der Waals surface area contributed by atoms with Gasteiger partial charge in [-0.25, -0.2) is 4.98 Å². The third-order valence-electron chi connectivity index (χ3n) is 3.72. The van der Waals surface area contributed by atoms with E-state index < -0.39 is 17.6 Å². The largest absolute Gasteiger partial charge is 0.477 e. The maximum Gasteiger partial charge on any atom is 0.423 e. The normalized spacial score (nSPS) is 11.1. The van der Waals surface area contributed by atoms with Crippen LogP contribution in [-0.4, -0.2) is 23.6 Å². The van der Waals surface area contributed by atoms with Gasteiger partial charge < -0.3 is 9.64 Å². The van der Waals surface area contributed by atoms with Crippen LogP contribution in [0, 0.1) is 11.3 Å². The maximum absolute atomic E-state index is 13.2. The standard InChI is InChI=1S/C18H19F3N4O/c1-3-4-5-10-26-16-15(18(19,20)21)12-23-17(24-16)25(2)14-8-6-13(11-22)7-9-14/h6-9,12H,3-5,10H2,1-2H3. The number of benzene rings is 1. The van der Waals surface area contributed by atoms with Crippen molar-refractivity contribution in [3.05, 3.63) is 41.6 Å². The van der Waals surface area contributed by atoms with E-state index in [4.69, 9.17) is 10.00 Å². The van der Waals surface area contributed by atoms with Gasteiger partial charge >= 0.3 is 6.18 Å². The first-order chi connectivity index (χ1) is 12.4. The van der Waals surface area contributed by atoms with Crippen LogP contribution >= 0.6 is 0 Å². The summed E-state index contributed by atoms with van der Waals surface area (Å²) in [5, 5.41) is 8.84. The van der Waals surface area contributed by atoms with E-state index in [1.165, 1.54) is 4.90 Å². The summed E-state index contributed by atoms with van der Waals surface area (Å²) in [6.45, 7) is 2.16. The second-order valence-corrected chi connectivity index (χ2v) is 5.66. The molecule has 0 unspecified atom stereocenters. The average Bonchev–Trinajstić information content (AvgIpc) is 2.63. The molecule has 0 bridgehead atoms. The zero-order valence-corrected chi connectivity index (χ0v) is 14.5. The smallest absolute Gasteiger partial charge is 0.423 e. The molecule has 1 heterocycles. The summed E-state index contributed by atoms with van der Waals surface area (Å²) >= 11 is 0. The molecule has 0 saturated heterocycles. The molecule has 0 radical (unpaired) electrons. The number of rotatable bonds is 7. The predicted molar refractivity (Wildman–Crippen MR) is 91.3 cm³/mol. The Morgan fingerprint density at radius 3 is 2.46 bits per heavy atom. The van der Waals surface area contributed by atoms with E-state index >= 15 is 0 Å². The monoisotopic (exact) mass is 364 g/mol. The third-order valence-corrected chi connectivity index (χ3v) is 3.72. The molecule has 0 saturated carbocycles. The van der Waals surface area contributed by atoms with E-state index in [0.29, 0.717) is 17.7 Å². The van der Waals surface area contributed by atoms with E-state index in [0.717, 1.165) is 19.0 Å². The van der Waals surface area contributed by atoms with E-state index in [1.54, 1.807) is 31.3 Å². The molecule has 138 valence electrons. The highest BCUT2D eigenvalue weighted by Gasteiger charge is 2.36. The number of ether oxygens (including phenoxy) is 1. The van der Waals surface area contributed by atoms with Crippen LogP contribution in [0.15, 0.2) is 30.5 Å². The summed E-state index contributed by atoms with van der Waals surface area (Å²) in [6, 6.07) is 8.56. The molecule has 2 rings (SSSR count). The van der Waals surface area contributed by atoms with E-state index in [-0.39, 0.29) is 12.6 Å². The molecule has 0 aliphatic heterocycles. The number of halogens is 3. The van der Waals surface area contributed by atoms with Crippen LogP contribution in [0.3, 0.4) is 0 Å². The van der Waals surface area contributed by atoms with Crippen LogP contribution in [-0.2, 0) is 6.18 Å². The molecule has 5 nitrogen and oxygen atoms in total. The van der Waals surface area contributed by atoms with Crippen molar-refractivity contribution in [2.24, 2.45) is 0 Å². The molecule has 0 N–H and O–H groups in total. The molecule has 0 spiro atoms. The lowest BCUT2D eigenvalue weighted by atomic mass is 10.2. The number of nitrogens with zero attached hydrogens (tertiary/aromatic N) is 4. The highest BCUT2D eigenvalue weighted by molar-refractivity contribution is 5.58. The van der Waals surface area contributed by atoms with Crippen molar-refractivity contribution in [3.8, 4) is 11.9 Å². The second-order valence-electron chi connectivity index (χ2n) is 5.66. The zero-order valence-electron chi connectivity index (χ0n) is 14.5. The lowest BCUT2D eigenvalue weighted by molar-refractivity contribution is -0.139. The highest BCUT2D eigenvalue weighted by atomic mass is 19.4. The molecular formula is C18H19F3N4O. The number of aromatic nitrogens is 2. The van der Waals surface area contributed by atoms with Crippen molar-refractivity contribution >= 4 is 11.6 Å². The molecule has 0 amide bonds. The van der Waals surface area contributed by atoms with Gasteiger partial charge in [-0.2, -0.15) is 23.4 Å². The number of alkyl halides is 3. The molecule has 26 heavy (non-hydrogen) atoms. The average molecular weight is 364 g/mol. The van der Waals surface area contributed by atoms with Gasteiger partial charge in [0.25, 0.3) is 0 Å². The van der Waals surface area contributed by atoms with Crippen molar-refractivity contribution < 1.29 is 17.9 Å². The molecule has 0 fully saturated rings. The van der Waals surface area contributed by atoms with Crippen molar-refractivity contribution in [2.75, 3.05) is 18.6 Å². The zero-order chi connectivity index (χ0) is 19.2. The van der Waals surface area contributed by atoms with Crippen LogP contribution in [0.5, 0.6) is 5.88 Å². The summed E-state index contributed by atoms with van der Waals surface area (Å²) in [4.78, 5) is 9.31. The Morgan fingerprint density at radius 1 is 1.19 bits per heavy atom. The van der Waals surface area contributed by atoms with Gasteiger partial charge in [-0.05, 0) is 30.7 Å². The van der Waals surface area contributed by atoms with E-state index in [2.05, 4.69) is 9.97 Å².